The predicted octanol–water partition coefficient (Wildman–Crippen LogP) is 4.80. The summed E-state index contributed by atoms with van der Waals surface area (Å²) < 4.78 is 6.27. The second kappa shape index (κ2) is 7.80. The summed E-state index contributed by atoms with van der Waals surface area (Å²) in [5, 5.41) is 15.3. The van der Waals surface area contributed by atoms with Crippen LogP contribution in [0.1, 0.15) is 81.1 Å². The van der Waals surface area contributed by atoms with E-state index in [0.29, 0.717) is 16.9 Å². The van der Waals surface area contributed by atoms with E-state index < -0.39 is 11.3 Å². The van der Waals surface area contributed by atoms with Crippen LogP contribution in [-0.2, 0) is 17.7 Å². The summed E-state index contributed by atoms with van der Waals surface area (Å²) in [6.07, 6.45) is 5.84. The monoisotopic (exact) mass is 480 g/mol. The van der Waals surface area contributed by atoms with Gasteiger partial charge in [0.15, 0.2) is 5.78 Å². The van der Waals surface area contributed by atoms with Gasteiger partial charge in [-0.3, -0.25) is 9.59 Å². The predicted molar refractivity (Wildman–Crippen MR) is 138 cm³/mol. The van der Waals surface area contributed by atoms with Gasteiger partial charge in [0.1, 0.15) is 11.3 Å². The fraction of sp³-hybridized carbons (Fsp3) is 0.267. The van der Waals surface area contributed by atoms with E-state index in [-0.39, 0.29) is 40.8 Å². The highest BCUT2D eigenvalue weighted by molar-refractivity contribution is 6.06. The minimum absolute atomic E-state index is 0.185. The van der Waals surface area contributed by atoms with Gasteiger partial charge in [-0.05, 0) is 59.7 Å². The Morgan fingerprint density at radius 2 is 1.94 bits per heavy atom. The van der Waals surface area contributed by atoms with E-state index in [1.807, 2.05) is 36.4 Å². The molecule has 182 valence electrons. The number of benzene rings is 3. The van der Waals surface area contributed by atoms with E-state index in [1.165, 1.54) is 5.56 Å². The van der Waals surface area contributed by atoms with Gasteiger partial charge in [0.05, 0.1) is 5.56 Å². The first-order valence-electron chi connectivity index (χ1n) is 12.3. The van der Waals surface area contributed by atoms with Gasteiger partial charge in [-0.2, -0.15) is 0 Å². The Balaban J connectivity index is 1.51. The Kier molecular flexibility index (Phi) is 4.89. The average Bonchev–Trinajstić information content (AvgIpc) is 3.11. The summed E-state index contributed by atoms with van der Waals surface area (Å²) in [6, 6.07) is 16.2. The molecule has 3 aliphatic rings. The zero-order valence-corrected chi connectivity index (χ0v) is 20.3. The smallest absolute Gasteiger partial charge is 0.263 e. The highest BCUT2D eigenvalue weighted by Gasteiger charge is 2.66. The standard InChI is InChI=1S/C30H28N2O4/c1-17(2)19-12-13-22-26(15-19)36-30(35)23-8-5-9-24(31)27(23)25(33)16-29(22,30)32-28(34)21-11-10-18-6-3-4-7-20(18)14-21/h4-5,7-15,17,35H,3,6,16,31H2,1-2H3,(H,32,34). The fourth-order valence-corrected chi connectivity index (χ4v) is 5.79. The normalized spacial score (nSPS) is 23.4. The van der Waals surface area contributed by atoms with E-state index in [2.05, 4.69) is 25.2 Å². The zero-order valence-electron chi connectivity index (χ0n) is 20.3. The third kappa shape index (κ3) is 3.07. The van der Waals surface area contributed by atoms with Crippen LogP contribution in [0.4, 0.5) is 5.69 Å². The quantitative estimate of drug-likeness (QED) is 0.468. The number of hydrogen-bond acceptors (Lipinski definition) is 5. The van der Waals surface area contributed by atoms with Crippen molar-refractivity contribution in [1.29, 1.82) is 0 Å². The van der Waals surface area contributed by atoms with Crippen LogP contribution in [0.2, 0.25) is 0 Å². The molecule has 6 nitrogen and oxygen atoms in total. The molecule has 2 unspecified atom stereocenters. The molecule has 0 saturated heterocycles. The summed E-state index contributed by atoms with van der Waals surface area (Å²) in [5.41, 5.74) is 9.66. The Morgan fingerprint density at radius 1 is 1.11 bits per heavy atom. The van der Waals surface area contributed by atoms with E-state index in [9.17, 15) is 14.7 Å². The number of hydrogen-bond donors (Lipinski definition) is 3. The Morgan fingerprint density at radius 3 is 2.75 bits per heavy atom. The molecule has 1 aliphatic heterocycles. The van der Waals surface area contributed by atoms with Crippen molar-refractivity contribution in [2.75, 3.05) is 5.73 Å². The molecule has 6 heteroatoms. The number of aliphatic hydroxyl groups is 1. The molecule has 2 aliphatic carbocycles. The van der Waals surface area contributed by atoms with E-state index in [0.717, 1.165) is 24.0 Å². The van der Waals surface area contributed by atoms with Crippen LogP contribution in [0.25, 0.3) is 6.08 Å². The Hall–Kier alpha value is -3.90. The summed E-state index contributed by atoms with van der Waals surface area (Å²) in [5.74, 6) is -1.98. The summed E-state index contributed by atoms with van der Waals surface area (Å²) >= 11 is 0. The van der Waals surface area contributed by atoms with Gasteiger partial charge in [-0.25, -0.2) is 0 Å². The minimum Gasteiger partial charge on any atom is -0.455 e. The number of amides is 1. The van der Waals surface area contributed by atoms with Crippen LogP contribution < -0.4 is 15.8 Å². The van der Waals surface area contributed by atoms with Gasteiger partial charge >= 0.3 is 0 Å². The van der Waals surface area contributed by atoms with Crippen molar-refractivity contribution in [3.63, 3.8) is 0 Å². The average molecular weight is 481 g/mol. The lowest BCUT2D eigenvalue weighted by molar-refractivity contribution is -0.191. The largest absolute Gasteiger partial charge is 0.455 e. The van der Waals surface area contributed by atoms with Crippen molar-refractivity contribution in [3.05, 3.63) is 99.6 Å². The maximum Gasteiger partial charge on any atom is 0.263 e. The third-order valence-electron chi connectivity index (χ3n) is 7.75. The number of anilines is 1. The Labute approximate surface area is 209 Å². The number of ketones is 1. The van der Waals surface area contributed by atoms with Crippen LogP contribution >= 0.6 is 0 Å². The molecule has 6 rings (SSSR count). The fourth-order valence-electron chi connectivity index (χ4n) is 5.79. The van der Waals surface area contributed by atoms with Gasteiger partial charge in [-0.15, -0.1) is 0 Å². The molecule has 2 atom stereocenters. The first kappa shape index (κ1) is 22.6. The van der Waals surface area contributed by atoms with Crippen molar-refractivity contribution < 1.29 is 19.4 Å². The van der Waals surface area contributed by atoms with Gasteiger partial charge < -0.3 is 20.9 Å². The summed E-state index contributed by atoms with van der Waals surface area (Å²) in [7, 11) is 0. The van der Waals surface area contributed by atoms with E-state index in [4.69, 9.17) is 10.5 Å². The molecule has 4 N–H and O–H groups in total. The van der Waals surface area contributed by atoms with Gasteiger partial charge in [0.2, 0.25) is 0 Å². The van der Waals surface area contributed by atoms with Crippen LogP contribution in [0, 0.1) is 0 Å². The number of nitrogen functional groups attached to an aromatic ring is 1. The SMILES string of the molecule is CC(C)c1ccc2c(c1)OC1(O)c3cccc(N)c3C(=O)CC21NC(=O)c1ccc2c(c1)C=CCC2. The van der Waals surface area contributed by atoms with Crippen molar-refractivity contribution in [1.82, 2.24) is 5.32 Å². The molecule has 0 radical (unpaired) electrons. The van der Waals surface area contributed by atoms with Crippen LogP contribution in [0.5, 0.6) is 5.75 Å². The first-order valence-corrected chi connectivity index (χ1v) is 12.3. The molecule has 0 fully saturated rings. The topological polar surface area (TPSA) is 102 Å². The highest BCUT2D eigenvalue weighted by atomic mass is 16.6. The van der Waals surface area contributed by atoms with Crippen molar-refractivity contribution in [3.8, 4) is 5.75 Å². The van der Waals surface area contributed by atoms with Gasteiger partial charge in [0.25, 0.3) is 11.7 Å². The van der Waals surface area contributed by atoms with Crippen LogP contribution in [0.15, 0.2) is 60.7 Å². The number of carbonyl (C=O) groups excluding carboxylic acids is 2. The molecule has 3 aromatic carbocycles. The number of Topliss-reactive ketones (excluding diaryl/α,β-unsaturated/α-hetero) is 1. The molecule has 36 heavy (non-hydrogen) atoms. The zero-order chi connectivity index (χ0) is 25.2. The maximum absolute atomic E-state index is 13.7. The molecule has 0 aromatic heterocycles. The lowest BCUT2D eigenvalue weighted by atomic mass is 9.69. The van der Waals surface area contributed by atoms with Crippen molar-refractivity contribution >= 4 is 23.5 Å². The number of aryl methyl sites for hydroxylation is 1. The van der Waals surface area contributed by atoms with Crippen LogP contribution in [-0.4, -0.2) is 16.8 Å². The van der Waals surface area contributed by atoms with Crippen molar-refractivity contribution in [2.24, 2.45) is 0 Å². The molecular formula is C30H28N2O4. The molecule has 0 saturated carbocycles. The van der Waals surface area contributed by atoms with Gasteiger partial charge in [-0.1, -0.05) is 56.3 Å². The van der Waals surface area contributed by atoms with E-state index >= 15 is 0 Å². The third-order valence-corrected chi connectivity index (χ3v) is 7.75. The Bertz CT molecular complexity index is 1470. The van der Waals surface area contributed by atoms with Crippen molar-refractivity contribution in [2.45, 2.75) is 50.4 Å². The number of nitrogens with two attached hydrogens (primary N) is 1. The number of carbonyl (C=O) groups is 2. The van der Waals surface area contributed by atoms with E-state index in [1.54, 1.807) is 24.3 Å². The number of nitrogens with one attached hydrogen (secondary N) is 1. The summed E-state index contributed by atoms with van der Waals surface area (Å²) in [4.78, 5) is 27.2. The summed E-state index contributed by atoms with van der Waals surface area (Å²) in [6.45, 7) is 4.14. The molecule has 0 spiro atoms. The molecule has 1 heterocycles. The van der Waals surface area contributed by atoms with Gasteiger partial charge in [0, 0.05) is 28.8 Å². The first-order chi connectivity index (χ1) is 17.2. The maximum atomic E-state index is 13.7. The second-order valence-corrected chi connectivity index (χ2v) is 10.2. The number of allylic oxidation sites excluding steroid dienone is 1. The number of fused-ring (bicyclic) bond motifs is 6. The number of rotatable bonds is 3. The molecule has 1 amide bonds. The lowest BCUT2D eigenvalue weighted by Gasteiger charge is -2.45. The second-order valence-electron chi connectivity index (χ2n) is 10.2. The lowest BCUT2D eigenvalue weighted by Crippen LogP contribution is -2.62. The minimum atomic E-state index is -2.01. The highest BCUT2D eigenvalue weighted by Crippen LogP contribution is 2.58. The molecule has 0 bridgehead atoms. The van der Waals surface area contributed by atoms with Crippen LogP contribution in [0.3, 0.4) is 0 Å². The molecule has 3 aromatic rings. The number of ether oxygens (including phenoxy) is 1. The molecular weight excluding hydrogens is 452 g/mol.